The minimum absolute atomic E-state index is 0.0165. The number of halogens is 2. The van der Waals surface area contributed by atoms with E-state index in [1.54, 1.807) is 23.6 Å². The molecular weight excluding hydrogens is 322 g/mol. The van der Waals surface area contributed by atoms with Gasteiger partial charge in [-0.25, -0.2) is 8.78 Å². The van der Waals surface area contributed by atoms with Gasteiger partial charge in [0, 0.05) is 30.5 Å². The molecule has 0 aromatic heterocycles. The quantitative estimate of drug-likeness (QED) is 0.849. The molecule has 0 radical (unpaired) electrons. The Hall–Kier alpha value is -1.63. The molecule has 2 amide bonds. The molecular formula is C16H18F2N2O2S. The first-order valence-corrected chi connectivity index (χ1v) is 8.58. The third kappa shape index (κ3) is 2.60. The van der Waals surface area contributed by atoms with Crippen LogP contribution in [-0.2, 0) is 9.59 Å². The lowest BCUT2D eigenvalue weighted by Gasteiger charge is -2.32. The summed E-state index contributed by atoms with van der Waals surface area (Å²) in [5.74, 6) is -1.67. The molecule has 1 aromatic rings. The number of rotatable bonds is 3. The summed E-state index contributed by atoms with van der Waals surface area (Å²) in [4.78, 5) is 27.8. The van der Waals surface area contributed by atoms with Crippen molar-refractivity contribution in [3.8, 4) is 0 Å². The molecule has 2 fully saturated rings. The summed E-state index contributed by atoms with van der Waals surface area (Å²) in [5, 5.41) is 0. The highest BCUT2D eigenvalue weighted by Gasteiger charge is 2.53. The van der Waals surface area contributed by atoms with Crippen LogP contribution in [0.3, 0.4) is 0 Å². The van der Waals surface area contributed by atoms with Crippen molar-refractivity contribution in [1.82, 2.24) is 4.90 Å². The number of thioether (sulfide) groups is 1. The number of likely N-dealkylation sites (N-methyl/N-ethyl adjacent to an activating group) is 1. The Morgan fingerprint density at radius 1 is 1.43 bits per heavy atom. The molecule has 2 heterocycles. The third-order valence-electron chi connectivity index (χ3n) is 4.53. The van der Waals surface area contributed by atoms with Crippen LogP contribution in [-0.4, -0.2) is 39.9 Å². The Bertz CT molecular complexity index is 669. The number of fused-ring (bicyclic) bond motifs is 1. The highest BCUT2D eigenvalue weighted by Crippen LogP contribution is 2.47. The van der Waals surface area contributed by atoms with Crippen LogP contribution in [0.1, 0.15) is 26.7 Å². The van der Waals surface area contributed by atoms with Crippen LogP contribution in [0, 0.1) is 11.6 Å². The summed E-state index contributed by atoms with van der Waals surface area (Å²) >= 11 is 1.61. The lowest BCUT2D eigenvalue weighted by Crippen LogP contribution is -2.51. The van der Waals surface area contributed by atoms with Crippen LogP contribution in [0.5, 0.6) is 0 Å². The first-order valence-electron chi connectivity index (χ1n) is 7.60. The number of carbonyl (C=O) groups excluding carboxylic acids is 2. The number of amides is 2. The van der Waals surface area contributed by atoms with Gasteiger partial charge in [-0.3, -0.25) is 9.59 Å². The van der Waals surface area contributed by atoms with Crippen LogP contribution in [0.25, 0.3) is 0 Å². The van der Waals surface area contributed by atoms with Gasteiger partial charge in [0.15, 0.2) is 11.6 Å². The van der Waals surface area contributed by atoms with Crippen molar-refractivity contribution in [3.05, 3.63) is 29.8 Å². The van der Waals surface area contributed by atoms with Crippen molar-refractivity contribution in [3.63, 3.8) is 0 Å². The van der Waals surface area contributed by atoms with Crippen molar-refractivity contribution in [2.24, 2.45) is 0 Å². The smallest absolute Gasteiger partial charge is 0.250 e. The van der Waals surface area contributed by atoms with Crippen molar-refractivity contribution >= 4 is 29.3 Å². The van der Waals surface area contributed by atoms with E-state index in [0.29, 0.717) is 24.4 Å². The van der Waals surface area contributed by atoms with Gasteiger partial charge in [-0.15, -0.1) is 11.8 Å². The second kappa shape index (κ2) is 5.78. The van der Waals surface area contributed by atoms with Crippen LogP contribution in [0.2, 0.25) is 0 Å². The van der Waals surface area contributed by atoms with Crippen LogP contribution in [0.15, 0.2) is 18.2 Å². The molecule has 2 saturated heterocycles. The van der Waals surface area contributed by atoms with Gasteiger partial charge in [0.25, 0.3) is 5.91 Å². The molecule has 3 rings (SSSR count). The van der Waals surface area contributed by atoms with Crippen LogP contribution in [0.4, 0.5) is 14.5 Å². The molecule has 4 nitrogen and oxygen atoms in total. The average molecular weight is 340 g/mol. The summed E-state index contributed by atoms with van der Waals surface area (Å²) in [6.07, 6.45) is 1.18. The molecule has 124 valence electrons. The average Bonchev–Trinajstić information content (AvgIpc) is 3.00. The largest absolute Gasteiger partial charge is 0.315 e. The van der Waals surface area contributed by atoms with Crippen LogP contribution < -0.4 is 4.90 Å². The van der Waals surface area contributed by atoms with E-state index in [1.807, 2.05) is 6.92 Å². The maximum absolute atomic E-state index is 13.5. The minimum Gasteiger partial charge on any atom is -0.315 e. The van der Waals surface area contributed by atoms with Gasteiger partial charge in [-0.2, -0.15) is 0 Å². The number of anilines is 1. The normalized spacial score (nSPS) is 26.5. The zero-order valence-corrected chi connectivity index (χ0v) is 13.8. The Balaban J connectivity index is 1.88. The predicted molar refractivity (Wildman–Crippen MR) is 85.1 cm³/mol. The van der Waals surface area contributed by atoms with E-state index in [1.165, 1.54) is 11.0 Å². The maximum Gasteiger partial charge on any atom is 0.250 e. The topological polar surface area (TPSA) is 40.6 Å². The second-order valence-electron chi connectivity index (χ2n) is 5.95. The monoisotopic (exact) mass is 340 g/mol. The lowest BCUT2D eigenvalue weighted by molar-refractivity contribution is -0.136. The zero-order valence-electron chi connectivity index (χ0n) is 13.0. The predicted octanol–water partition coefficient (Wildman–Crippen LogP) is 2.77. The molecule has 0 N–H and O–H groups in total. The van der Waals surface area contributed by atoms with Gasteiger partial charge < -0.3 is 9.80 Å². The first-order chi connectivity index (χ1) is 10.9. The fourth-order valence-corrected chi connectivity index (χ4v) is 4.73. The first kappa shape index (κ1) is 16.2. The Morgan fingerprint density at radius 2 is 2.17 bits per heavy atom. The van der Waals surface area contributed by atoms with E-state index in [-0.39, 0.29) is 16.7 Å². The van der Waals surface area contributed by atoms with Crippen molar-refractivity contribution in [2.75, 3.05) is 17.2 Å². The molecule has 0 spiro atoms. The highest BCUT2D eigenvalue weighted by atomic mass is 32.2. The summed E-state index contributed by atoms with van der Waals surface area (Å²) in [7, 11) is 0. The minimum atomic E-state index is -0.989. The van der Waals surface area contributed by atoms with Crippen molar-refractivity contribution < 1.29 is 18.4 Å². The van der Waals surface area contributed by atoms with Gasteiger partial charge >= 0.3 is 0 Å². The van der Waals surface area contributed by atoms with E-state index < -0.39 is 17.7 Å². The second-order valence-corrected chi connectivity index (χ2v) is 7.45. The highest BCUT2D eigenvalue weighted by molar-refractivity contribution is 8.01. The SMILES string of the molecule is CCN(C(=O)C1CSC2(C)CCC(=O)N12)c1ccc(F)c(F)c1. The fraction of sp³-hybridized carbons (Fsp3) is 0.500. The van der Waals surface area contributed by atoms with E-state index in [2.05, 4.69) is 0 Å². The third-order valence-corrected chi connectivity index (χ3v) is 6.03. The summed E-state index contributed by atoms with van der Waals surface area (Å²) in [6.45, 7) is 4.07. The summed E-state index contributed by atoms with van der Waals surface area (Å²) < 4.78 is 26.6. The van der Waals surface area contributed by atoms with Crippen LogP contribution >= 0.6 is 11.8 Å². The number of hydrogen-bond acceptors (Lipinski definition) is 3. The van der Waals surface area contributed by atoms with Crippen molar-refractivity contribution in [2.45, 2.75) is 37.6 Å². The zero-order chi connectivity index (χ0) is 16.8. The van der Waals surface area contributed by atoms with Crippen molar-refractivity contribution in [1.29, 1.82) is 0 Å². The number of hydrogen-bond donors (Lipinski definition) is 0. The van der Waals surface area contributed by atoms with E-state index in [9.17, 15) is 18.4 Å². The molecule has 7 heteroatoms. The Kier molecular flexibility index (Phi) is 4.08. The molecule has 0 aliphatic carbocycles. The van der Waals surface area contributed by atoms with E-state index in [4.69, 9.17) is 0 Å². The molecule has 1 aromatic carbocycles. The molecule has 0 bridgehead atoms. The molecule has 2 aliphatic rings. The molecule has 2 atom stereocenters. The van der Waals surface area contributed by atoms with Gasteiger partial charge in [-0.1, -0.05) is 0 Å². The van der Waals surface area contributed by atoms with Gasteiger partial charge in [0.05, 0.1) is 4.87 Å². The summed E-state index contributed by atoms with van der Waals surface area (Å²) in [5.41, 5.74) is 0.307. The molecule has 2 aliphatic heterocycles. The summed E-state index contributed by atoms with van der Waals surface area (Å²) in [6, 6.07) is 2.86. The fourth-order valence-electron chi connectivity index (χ4n) is 3.30. The van der Waals surface area contributed by atoms with Gasteiger partial charge in [0.2, 0.25) is 5.91 Å². The Labute approximate surface area is 137 Å². The number of benzene rings is 1. The lowest BCUT2D eigenvalue weighted by atomic mass is 10.2. The maximum atomic E-state index is 13.5. The van der Waals surface area contributed by atoms with Gasteiger partial charge in [0.1, 0.15) is 6.04 Å². The Morgan fingerprint density at radius 3 is 2.83 bits per heavy atom. The van der Waals surface area contributed by atoms with Gasteiger partial charge in [-0.05, 0) is 32.4 Å². The van der Waals surface area contributed by atoms with E-state index >= 15 is 0 Å². The molecule has 23 heavy (non-hydrogen) atoms. The molecule has 0 saturated carbocycles. The molecule has 2 unspecified atom stereocenters. The number of nitrogens with zero attached hydrogens (tertiary/aromatic N) is 2. The standard InChI is InChI=1S/C16H18F2N2O2S/c1-3-19(10-4-5-11(17)12(18)8-10)15(22)13-9-23-16(2)7-6-14(21)20(13)16/h4-5,8,13H,3,6-7,9H2,1-2H3. The van der Waals surface area contributed by atoms with E-state index in [0.717, 1.165) is 18.6 Å². The number of carbonyl (C=O) groups is 2.